The monoisotopic (exact) mass is 462 g/mol. The van der Waals surface area contributed by atoms with Crippen LogP contribution in [0, 0.1) is 12.7 Å². The first-order chi connectivity index (χ1) is 16.3. The van der Waals surface area contributed by atoms with E-state index in [1.54, 1.807) is 43.0 Å². The number of benzene rings is 1. The average Bonchev–Trinajstić information content (AvgIpc) is 3.18. The number of piperazine rings is 1. The van der Waals surface area contributed by atoms with Gasteiger partial charge in [0.25, 0.3) is 5.91 Å². The molecule has 2 atom stereocenters. The highest BCUT2D eigenvalue weighted by Crippen LogP contribution is 2.30. The zero-order valence-electron chi connectivity index (χ0n) is 19.6. The second kappa shape index (κ2) is 8.53. The van der Waals surface area contributed by atoms with Crippen LogP contribution in [-0.4, -0.2) is 57.5 Å². The van der Waals surface area contributed by atoms with Crippen LogP contribution in [0.1, 0.15) is 29.9 Å². The van der Waals surface area contributed by atoms with Crippen LogP contribution in [0.3, 0.4) is 0 Å². The Bertz CT molecular complexity index is 1390. The van der Waals surface area contributed by atoms with Gasteiger partial charge in [0.1, 0.15) is 0 Å². The van der Waals surface area contributed by atoms with E-state index in [2.05, 4.69) is 49.6 Å². The minimum absolute atomic E-state index is 0.219. The number of imidazole rings is 1. The van der Waals surface area contributed by atoms with E-state index in [-0.39, 0.29) is 11.6 Å². The maximum absolute atomic E-state index is 14.5. The number of aromatic nitrogens is 4. The minimum Gasteiger partial charge on any atom is -0.368 e. The number of carbonyl (C=O) groups excluding carboxylic acids is 1. The van der Waals surface area contributed by atoms with Crippen LogP contribution in [0.5, 0.6) is 0 Å². The molecule has 0 aliphatic carbocycles. The van der Waals surface area contributed by atoms with Gasteiger partial charge in [-0.05, 0) is 32.9 Å². The first-order valence-electron chi connectivity index (χ1n) is 11.3. The first kappa shape index (κ1) is 22.0. The predicted molar refractivity (Wildman–Crippen MR) is 131 cm³/mol. The number of nitrogens with one attached hydrogen (secondary N) is 3. The molecule has 4 heterocycles. The van der Waals surface area contributed by atoms with Crippen molar-refractivity contribution in [3.63, 3.8) is 0 Å². The molecule has 1 saturated heterocycles. The molecule has 9 nitrogen and oxygen atoms in total. The molecule has 0 bridgehead atoms. The third kappa shape index (κ3) is 4.01. The van der Waals surface area contributed by atoms with Gasteiger partial charge in [0.15, 0.2) is 11.5 Å². The fourth-order valence-electron chi connectivity index (χ4n) is 4.65. The van der Waals surface area contributed by atoms with Gasteiger partial charge >= 0.3 is 0 Å². The molecule has 4 aromatic rings. The van der Waals surface area contributed by atoms with Crippen molar-refractivity contribution in [2.75, 3.05) is 35.7 Å². The van der Waals surface area contributed by atoms with E-state index in [9.17, 15) is 9.18 Å². The lowest BCUT2D eigenvalue weighted by atomic mass is 10.0. The molecule has 176 valence electrons. The Labute approximate surface area is 196 Å². The number of hydrogen-bond acceptors (Lipinski definition) is 7. The van der Waals surface area contributed by atoms with Crippen molar-refractivity contribution in [1.29, 1.82) is 0 Å². The number of hydrogen-bond donors (Lipinski definition) is 3. The van der Waals surface area contributed by atoms with Crippen LogP contribution in [0.25, 0.3) is 16.6 Å². The SMILES string of the molecule is CNc1ncc2c(N3C[C@@H](C)N[C@@H](C)C3)ccc(C(=O)Nc3cc(F)c4nc(C)cn4c3)c2n1. The molecule has 1 aromatic carbocycles. The van der Waals surface area contributed by atoms with Crippen molar-refractivity contribution >= 4 is 39.8 Å². The fraction of sp³-hybridized carbons (Fsp3) is 0.333. The summed E-state index contributed by atoms with van der Waals surface area (Å²) >= 11 is 0. The van der Waals surface area contributed by atoms with Crippen molar-refractivity contribution in [3.05, 3.63) is 53.9 Å². The Kier molecular flexibility index (Phi) is 5.52. The summed E-state index contributed by atoms with van der Waals surface area (Å²) in [7, 11) is 1.73. The van der Waals surface area contributed by atoms with Crippen molar-refractivity contribution in [1.82, 2.24) is 24.7 Å². The largest absolute Gasteiger partial charge is 0.368 e. The first-order valence-corrected chi connectivity index (χ1v) is 11.3. The average molecular weight is 463 g/mol. The Balaban J connectivity index is 1.54. The summed E-state index contributed by atoms with van der Waals surface area (Å²) in [5, 5.41) is 10.1. The zero-order chi connectivity index (χ0) is 24.0. The quantitative estimate of drug-likeness (QED) is 0.428. The molecule has 1 amide bonds. The number of pyridine rings is 1. The second-order valence-corrected chi connectivity index (χ2v) is 8.86. The maximum atomic E-state index is 14.5. The molecule has 1 aliphatic heterocycles. The van der Waals surface area contributed by atoms with E-state index in [1.807, 2.05) is 6.07 Å². The van der Waals surface area contributed by atoms with Gasteiger partial charge in [-0.3, -0.25) is 4.79 Å². The molecule has 5 rings (SSSR count). The zero-order valence-corrected chi connectivity index (χ0v) is 19.6. The molecular formula is C24H27FN8O. The molecule has 0 saturated carbocycles. The molecular weight excluding hydrogens is 435 g/mol. The molecule has 3 aromatic heterocycles. The normalized spacial score (nSPS) is 18.4. The summed E-state index contributed by atoms with van der Waals surface area (Å²) in [5.74, 6) is -0.468. The van der Waals surface area contributed by atoms with Gasteiger partial charge in [0.2, 0.25) is 5.95 Å². The van der Waals surface area contributed by atoms with Crippen molar-refractivity contribution in [2.24, 2.45) is 0 Å². The van der Waals surface area contributed by atoms with E-state index in [1.165, 1.54) is 6.07 Å². The lowest BCUT2D eigenvalue weighted by Gasteiger charge is -2.38. The number of halogens is 1. The van der Waals surface area contributed by atoms with Crippen LogP contribution in [-0.2, 0) is 0 Å². The van der Waals surface area contributed by atoms with E-state index < -0.39 is 5.82 Å². The van der Waals surface area contributed by atoms with Gasteiger partial charge in [0, 0.05) is 68.0 Å². The maximum Gasteiger partial charge on any atom is 0.257 e. The van der Waals surface area contributed by atoms with Gasteiger partial charge in [-0.25, -0.2) is 19.3 Å². The van der Waals surface area contributed by atoms with E-state index >= 15 is 0 Å². The highest BCUT2D eigenvalue weighted by atomic mass is 19.1. The molecule has 10 heteroatoms. The number of amides is 1. The second-order valence-electron chi connectivity index (χ2n) is 8.86. The van der Waals surface area contributed by atoms with Crippen molar-refractivity contribution in [3.8, 4) is 0 Å². The van der Waals surface area contributed by atoms with Crippen molar-refractivity contribution < 1.29 is 9.18 Å². The van der Waals surface area contributed by atoms with Gasteiger partial charge in [-0.15, -0.1) is 0 Å². The highest BCUT2D eigenvalue weighted by molar-refractivity contribution is 6.14. The van der Waals surface area contributed by atoms with Gasteiger partial charge < -0.3 is 25.3 Å². The fourth-order valence-corrected chi connectivity index (χ4v) is 4.65. The summed E-state index contributed by atoms with van der Waals surface area (Å²) in [5.41, 5.74) is 3.14. The molecule has 34 heavy (non-hydrogen) atoms. The number of nitrogens with zero attached hydrogens (tertiary/aromatic N) is 5. The Morgan fingerprint density at radius 3 is 2.68 bits per heavy atom. The predicted octanol–water partition coefficient (Wildman–Crippen LogP) is 3.21. The summed E-state index contributed by atoms with van der Waals surface area (Å²) in [6.45, 7) is 7.77. The number of carbonyl (C=O) groups is 1. The third-order valence-corrected chi connectivity index (χ3v) is 5.98. The molecule has 0 radical (unpaired) electrons. The standard InChI is InChI=1S/C24H27FN8O/c1-13-9-32(10-14(2)28-13)20-6-5-17(21-18(20)8-27-24(26-4)31-21)23(34)30-16-7-19(25)22-29-15(3)11-33(22)12-16/h5-8,11-14,28H,9-10H2,1-4H3,(H,30,34)(H,26,27,31)/t13-,14+. The molecule has 1 fully saturated rings. The number of anilines is 3. The summed E-state index contributed by atoms with van der Waals surface area (Å²) < 4.78 is 16.1. The lowest BCUT2D eigenvalue weighted by Crippen LogP contribution is -2.54. The molecule has 0 unspecified atom stereocenters. The highest BCUT2D eigenvalue weighted by Gasteiger charge is 2.24. The van der Waals surface area contributed by atoms with E-state index in [0.29, 0.717) is 40.5 Å². The Morgan fingerprint density at radius 2 is 1.94 bits per heavy atom. The Hall–Kier alpha value is -3.79. The summed E-state index contributed by atoms with van der Waals surface area (Å²) in [4.78, 5) is 28.8. The smallest absolute Gasteiger partial charge is 0.257 e. The van der Waals surface area contributed by atoms with Gasteiger partial charge in [-0.1, -0.05) is 0 Å². The molecule has 0 spiro atoms. The van der Waals surface area contributed by atoms with Crippen LogP contribution in [0.4, 0.5) is 21.7 Å². The number of fused-ring (bicyclic) bond motifs is 2. The lowest BCUT2D eigenvalue weighted by molar-refractivity contribution is 0.102. The van der Waals surface area contributed by atoms with Crippen LogP contribution >= 0.6 is 0 Å². The van der Waals surface area contributed by atoms with Crippen LogP contribution in [0.2, 0.25) is 0 Å². The van der Waals surface area contributed by atoms with Crippen LogP contribution in [0.15, 0.2) is 36.8 Å². The number of rotatable bonds is 4. The van der Waals surface area contributed by atoms with Crippen molar-refractivity contribution in [2.45, 2.75) is 32.9 Å². The topological polar surface area (TPSA) is 99.5 Å². The van der Waals surface area contributed by atoms with Gasteiger partial charge in [0.05, 0.1) is 22.5 Å². The number of aryl methyl sites for hydroxylation is 1. The Morgan fingerprint density at radius 1 is 1.18 bits per heavy atom. The van der Waals surface area contributed by atoms with E-state index in [4.69, 9.17) is 0 Å². The van der Waals surface area contributed by atoms with Gasteiger partial charge in [-0.2, -0.15) is 0 Å². The van der Waals surface area contributed by atoms with Crippen LogP contribution < -0.4 is 20.9 Å². The summed E-state index contributed by atoms with van der Waals surface area (Å²) in [6.07, 6.45) is 5.10. The van der Waals surface area contributed by atoms with E-state index in [0.717, 1.165) is 24.2 Å². The molecule has 3 N–H and O–H groups in total. The molecule has 1 aliphatic rings. The third-order valence-electron chi connectivity index (χ3n) is 5.98. The minimum atomic E-state index is -0.507. The summed E-state index contributed by atoms with van der Waals surface area (Å²) in [6, 6.07) is 5.64.